The second-order valence-corrected chi connectivity index (χ2v) is 2.23. The van der Waals surface area contributed by atoms with E-state index in [0.717, 1.165) is 6.29 Å². The maximum absolute atomic E-state index is 10.5. The first-order chi connectivity index (χ1) is 5.81. The van der Waals surface area contributed by atoms with Crippen molar-refractivity contribution >= 4 is 6.29 Å². The lowest BCUT2D eigenvalue weighted by atomic mass is 10.2. The van der Waals surface area contributed by atoms with E-state index < -0.39 is 0 Å². The fraction of sp³-hybridized carbons (Fsp3) is 0.300. The van der Waals surface area contributed by atoms with Crippen LogP contribution < -0.4 is 9.47 Å². The van der Waals surface area contributed by atoms with Gasteiger partial charge in [0.25, 0.3) is 0 Å². The Labute approximate surface area is 78.3 Å². The molecule has 0 N–H and O–H groups in total. The number of ether oxygens (including phenoxy) is 2. The second kappa shape index (κ2) is 5.19. The molecule has 0 saturated carbocycles. The normalized spacial score (nSPS) is 8.46. The van der Waals surface area contributed by atoms with Gasteiger partial charge in [-0.1, -0.05) is 7.43 Å². The lowest BCUT2D eigenvalue weighted by molar-refractivity contribution is 0.112. The van der Waals surface area contributed by atoms with Gasteiger partial charge < -0.3 is 9.47 Å². The molecule has 0 aliphatic rings. The van der Waals surface area contributed by atoms with Gasteiger partial charge in [-0.05, 0) is 12.1 Å². The van der Waals surface area contributed by atoms with E-state index in [1.54, 1.807) is 25.3 Å². The Morgan fingerprint density at radius 2 is 1.92 bits per heavy atom. The molecule has 0 heterocycles. The Balaban J connectivity index is 0.00000144. The summed E-state index contributed by atoms with van der Waals surface area (Å²) in [6.45, 7) is 0. The predicted molar refractivity (Wildman–Crippen MR) is 51.7 cm³/mol. The maximum Gasteiger partial charge on any atom is 0.153 e. The number of hydrogen-bond acceptors (Lipinski definition) is 3. The fourth-order valence-electron chi connectivity index (χ4n) is 0.916. The molecule has 0 unspecified atom stereocenters. The number of methoxy groups -OCH3 is 2. The minimum Gasteiger partial charge on any atom is -0.497 e. The molecule has 13 heavy (non-hydrogen) atoms. The Bertz CT molecular complexity index is 281. The third-order valence-corrected chi connectivity index (χ3v) is 1.57. The van der Waals surface area contributed by atoms with Crippen LogP contribution in [0.4, 0.5) is 0 Å². The molecule has 0 saturated heterocycles. The monoisotopic (exact) mass is 182 g/mol. The van der Waals surface area contributed by atoms with E-state index in [1.807, 2.05) is 0 Å². The zero-order chi connectivity index (χ0) is 8.97. The Morgan fingerprint density at radius 3 is 2.38 bits per heavy atom. The third-order valence-electron chi connectivity index (χ3n) is 1.57. The number of rotatable bonds is 3. The first kappa shape index (κ1) is 11.5. The molecule has 1 aromatic carbocycles. The average molecular weight is 182 g/mol. The Morgan fingerprint density at radius 1 is 1.23 bits per heavy atom. The standard InChI is InChI=1S/C9H10O3.CH4/c1-11-8-4-3-7(6-10)9(5-8)12-2;/h3-6H,1-2H3;1H4. The summed E-state index contributed by atoms with van der Waals surface area (Å²) in [6.07, 6.45) is 0.748. The summed E-state index contributed by atoms with van der Waals surface area (Å²) in [5, 5.41) is 0. The van der Waals surface area contributed by atoms with Crippen LogP contribution in [-0.4, -0.2) is 20.5 Å². The highest BCUT2D eigenvalue weighted by atomic mass is 16.5. The molecule has 3 heteroatoms. The van der Waals surface area contributed by atoms with Gasteiger partial charge in [0.1, 0.15) is 11.5 Å². The van der Waals surface area contributed by atoms with Gasteiger partial charge >= 0.3 is 0 Å². The number of carbonyl (C=O) groups excluding carboxylic acids is 1. The minimum atomic E-state index is 0. The quantitative estimate of drug-likeness (QED) is 0.672. The maximum atomic E-state index is 10.5. The molecule has 0 aliphatic heterocycles. The average Bonchev–Trinajstić information content (AvgIpc) is 2.16. The SMILES string of the molecule is C.COc1ccc(C=O)c(OC)c1. The van der Waals surface area contributed by atoms with E-state index in [-0.39, 0.29) is 7.43 Å². The van der Waals surface area contributed by atoms with Crippen molar-refractivity contribution in [3.63, 3.8) is 0 Å². The van der Waals surface area contributed by atoms with Crippen molar-refractivity contribution in [3.8, 4) is 11.5 Å². The van der Waals surface area contributed by atoms with Crippen molar-refractivity contribution in [3.05, 3.63) is 23.8 Å². The van der Waals surface area contributed by atoms with Gasteiger partial charge in [-0.3, -0.25) is 4.79 Å². The van der Waals surface area contributed by atoms with Crippen molar-refractivity contribution in [1.82, 2.24) is 0 Å². The first-order valence-electron chi connectivity index (χ1n) is 3.49. The van der Waals surface area contributed by atoms with Crippen LogP contribution in [0, 0.1) is 0 Å². The molecule has 0 amide bonds. The molecule has 1 rings (SSSR count). The van der Waals surface area contributed by atoms with Crippen LogP contribution in [0.3, 0.4) is 0 Å². The van der Waals surface area contributed by atoms with Crippen LogP contribution in [0.25, 0.3) is 0 Å². The highest BCUT2D eigenvalue weighted by Gasteiger charge is 2.02. The van der Waals surface area contributed by atoms with E-state index in [0.29, 0.717) is 17.1 Å². The van der Waals surface area contributed by atoms with Crippen LogP contribution in [-0.2, 0) is 0 Å². The van der Waals surface area contributed by atoms with Crippen molar-refractivity contribution < 1.29 is 14.3 Å². The fourth-order valence-corrected chi connectivity index (χ4v) is 0.916. The third kappa shape index (κ3) is 2.47. The molecule has 0 fully saturated rings. The van der Waals surface area contributed by atoms with E-state index in [4.69, 9.17) is 9.47 Å². The van der Waals surface area contributed by atoms with Crippen LogP contribution >= 0.6 is 0 Å². The van der Waals surface area contributed by atoms with Crippen LogP contribution in [0.15, 0.2) is 18.2 Å². The molecular weight excluding hydrogens is 168 g/mol. The molecule has 0 radical (unpaired) electrons. The van der Waals surface area contributed by atoms with Crippen LogP contribution in [0.2, 0.25) is 0 Å². The Kier molecular flexibility index (Phi) is 4.59. The lowest BCUT2D eigenvalue weighted by Gasteiger charge is -2.05. The number of aldehydes is 1. The van der Waals surface area contributed by atoms with Gasteiger partial charge in [0.15, 0.2) is 6.29 Å². The number of hydrogen-bond donors (Lipinski definition) is 0. The van der Waals surface area contributed by atoms with Crippen LogP contribution in [0.5, 0.6) is 11.5 Å². The smallest absolute Gasteiger partial charge is 0.153 e. The molecule has 72 valence electrons. The van der Waals surface area contributed by atoms with Crippen LogP contribution in [0.1, 0.15) is 17.8 Å². The molecule has 3 nitrogen and oxygen atoms in total. The van der Waals surface area contributed by atoms with E-state index in [9.17, 15) is 4.79 Å². The van der Waals surface area contributed by atoms with Crippen molar-refractivity contribution in [1.29, 1.82) is 0 Å². The summed E-state index contributed by atoms with van der Waals surface area (Å²) in [5.41, 5.74) is 0.526. The largest absolute Gasteiger partial charge is 0.497 e. The van der Waals surface area contributed by atoms with Crippen molar-refractivity contribution in [2.24, 2.45) is 0 Å². The predicted octanol–water partition coefficient (Wildman–Crippen LogP) is 2.15. The second-order valence-electron chi connectivity index (χ2n) is 2.23. The summed E-state index contributed by atoms with van der Waals surface area (Å²) < 4.78 is 9.93. The van der Waals surface area contributed by atoms with Crippen molar-refractivity contribution in [2.75, 3.05) is 14.2 Å². The van der Waals surface area contributed by atoms with Gasteiger partial charge in [0.05, 0.1) is 19.8 Å². The van der Waals surface area contributed by atoms with Gasteiger partial charge in [0.2, 0.25) is 0 Å². The molecule has 0 aromatic heterocycles. The number of carbonyl (C=O) groups is 1. The molecule has 0 atom stereocenters. The van der Waals surface area contributed by atoms with E-state index in [2.05, 4.69) is 0 Å². The highest BCUT2D eigenvalue weighted by Crippen LogP contribution is 2.22. The summed E-state index contributed by atoms with van der Waals surface area (Å²) in [4.78, 5) is 10.5. The Hall–Kier alpha value is -1.51. The van der Waals surface area contributed by atoms with E-state index in [1.165, 1.54) is 7.11 Å². The number of benzene rings is 1. The summed E-state index contributed by atoms with van der Waals surface area (Å²) in [7, 11) is 3.08. The molecule has 0 aliphatic carbocycles. The summed E-state index contributed by atoms with van der Waals surface area (Å²) >= 11 is 0. The zero-order valence-electron chi connectivity index (χ0n) is 7.03. The van der Waals surface area contributed by atoms with Crippen molar-refractivity contribution in [2.45, 2.75) is 7.43 Å². The minimum absolute atomic E-state index is 0. The first-order valence-corrected chi connectivity index (χ1v) is 3.49. The molecule has 0 spiro atoms. The van der Waals surface area contributed by atoms with Gasteiger partial charge in [-0.2, -0.15) is 0 Å². The zero-order valence-corrected chi connectivity index (χ0v) is 7.03. The highest BCUT2D eigenvalue weighted by molar-refractivity contribution is 5.79. The lowest BCUT2D eigenvalue weighted by Crippen LogP contribution is -1.91. The molecular formula is C10H14O3. The molecule has 0 bridgehead atoms. The van der Waals surface area contributed by atoms with Gasteiger partial charge in [-0.15, -0.1) is 0 Å². The summed E-state index contributed by atoms with van der Waals surface area (Å²) in [5.74, 6) is 1.21. The molecule has 1 aromatic rings. The summed E-state index contributed by atoms with van der Waals surface area (Å²) in [6, 6.07) is 5.04. The van der Waals surface area contributed by atoms with Gasteiger partial charge in [0, 0.05) is 6.07 Å². The topological polar surface area (TPSA) is 35.5 Å². The van der Waals surface area contributed by atoms with Gasteiger partial charge in [-0.25, -0.2) is 0 Å². The van der Waals surface area contributed by atoms with E-state index >= 15 is 0 Å².